The van der Waals surface area contributed by atoms with Gasteiger partial charge in [0.05, 0.1) is 26.4 Å². The smallest absolute Gasteiger partial charge is 0.272 e. The van der Waals surface area contributed by atoms with Crippen molar-refractivity contribution in [1.29, 1.82) is 0 Å². The number of nitrogens with zero attached hydrogens (tertiary/aromatic N) is 1. The molecule has 116 valence electrons. The zero-order valence-corrected chi connectivity index (χ0v) is 13.6. The first kappa shape index (κ1) is 16.3. The molecular formula is C12H14Cl2N2O4S. The van der Waals surface area contributed by atoms with Crippen molar-refractivity contribution < 1.29 is 13.3 Å². The second-order valence-electron chi connectivity index (χ2n) is 5.47. The molecule has 1 aromatic rings. The van der Waals surface area contributed by atoms with Gasteiger partial charge in [-0.15, -0.1) is 0 Å². The van der Waals surface area contributed by atoms with E-state index in [1.807, 2.05) is 0 Å². The first-order valence-corrected chi connectivity index (χ1v) is 8.99. The topological polar surface area (TPSA) is 89.3 Å². The van der Waals surface area contributed by atoms with Crippen molar-refractivity contribution in [1.82, 2.24) is 0 Å². The first-order valence-electron chi connectivity index (χ1n) is 6.17. The predicted molar refractivity (Wildman–Crippen MR) is 83.0 cm³/mol. The number of sulfone groups is 1. The van der Waals surface area contributed by atoms with Crippen LogP contribution in [-0.2, 0) is 9.84 Å². The molecule has 0 unspecified atom stereocenters. The minimum absolute atomic E-state index is 0.106. The van der Waals surface area contributed by atoms with Gasteiger partial charge in [0.25, 0.3) is 5.69 Å². The molecule has 0 amide bonds. The van der Waals surface area contributed by atoms with E-state index in [1.54, 1.807) is 0 Å². The van der Waals surface area contributed by atoms with Crippen LogP contribution in [0.1, 0.15) is 12.8 Å². The lowest BCUT2D eigenvalue weighted by molar-refractivity contribution is -0.384. The zero-order chi connectivity index (χ0) is 15.8. The highest BCUT2D eigenvalue weighted by molar-refractivity contribution is 7.90. The van der Waals surface area contributed by atoms with Gasteiger partial charge in [-0.25, -0.2) is 8.42 Å². The minimum Gasteiger partial charge on any atom is -0.382 e. The molecule has 1 fully saturated rings. The fraction of sp³-hybridized carbons (Fsp3) is 0.500. The lowest BCUT2D eigenvalue weighted by Gasteiger charge is -2.17. The molecule has 6 nitrogen and oxygen atoms in total. The van der Waals surface area contributed by atoms with Gasteiger partial charge in [0, 0.05) is 30.3 Å². The number of anilines is 1. The third-order valence-corrected chi connectivity index (χ3v) is 5.14. The quantitative estimate of drug-likeness (QED) is 0.627. The molecule has 0 radical (unpaired) electrons. The second-order valence-corrected chi connectivity index (χ2v) is 8.42. The summed E-state index contributed by atoms with van der Waals surface area (Å²) in [6.45, 7) is 0.414. The summed E-state index contributed by atoms with van der Waals surface area (Å²) in [7, 11) is -3.06. The summed E-state index contributed by atoms with van der Waals surface area (Å²) in [5.74, 6) is 0.106. The predicted octanol–water partition coefficient (Wildman–Crippen LogP) is 3.14. The lowest BCUT2D eigenvalue weighted by atomic mass is 10.1. The van der Waals surface area contributed by atoms with Gasteiger partial charge >= 0.3 is 0 Å². The van der Waals surface area contributed by atoms with Gasteiger partial charge in [-0.3, -0.25) is 10.1 Å². The van der Waals surface area contributed by atoms with Gasteiger partial charge < -0.3 is 5.32 Å². The van der Waals surface area contributed by atoms with E-state index in [4.69, 9.17) is 23.2 Å². The van der Waals surface area contributed by atoms with E-state index in [0.29, 0.717) is 12.2 Å². The molecule has 9 heteroatoms. The summed E-state index contributed by atoms with van der Waals surface area (Å²) in [6.07, 6.45) is 2.84. The highest BCUT2D eigenvalue weighted by atomic mass is 35.5. The number of non-ortho nitro benzene ring substituents is 1. The van der Waals surface area contributed by atoms with Gasteiger partial charge in [-0.2, -0.15) is 0 Å². The fourth-order valence-electron chi connectivity index (χ4n) is 2.22. The normalized spacial score (nSPS) is 16.5. The number of nitro benzene ring substituents is 1. The molecule has 1 aliphatic carbocycles. The Morgan fingerprint density at radius 1 is 1.33 bits per heavy atom. The van der Waals surface area contributed by atoms with Crippen LogP contribution in [0.15, 0.2) is 12.1 Å². The van der Waals surface area contributed by atoms with Crippen LogP contribution >= 0.6 is 23.2 Å². The monoisotopic (exact) mass is 352 g/mol. The van der Waals surface area contributed by atoms with Crippen molar-refractivity contribution in [3.63, 3.8) is 0 Å². The van der Waals surface area contributed by atoms with E-state index >= 15 is 0 Å². The Balaban J connectivity index is 2.13. The number of nitrogens with one attached hydrogen (secondary N) is 1. The molecule has 0 bridgehead atoms. The number of hydrogen-bond donors (Lipinski definition) is 1. The molecule has 0 spiro atoms. The Hall–Kier alpha value is -1.05. The Bertz CT molecular complexity index is 663. The molecular weight excluding hydrogens is 339 g/mol. The average Bonchev–Trinajstić information content (AvgIpc) is 3.05. The summed E-state index contributed by atoms with van der Waals surface area (Å²) in [4.78, 5) is 10.1. The molecule has 1 saturated carbocycles. The van der Waals surface area contributed by atoms with Crippen molar-refractivity contribution in [3.05, 3.63) is 32.3 Å². The third-order valence-electron chi connectivity index (χ3n) is 3.40. The third kappa shape index (κ3) is 4.21. The van der Waals surface area contributed by atoms with Crippen LogP contribution in [0.5, 0.6) is 0 Å². The van der Waals surface area contributed by atoms with E-state index in [2.05, 4.69) is 5.32 Å². The maximum Gasteiger partial charge on any atom is 0.272 e. The standard InChI is InChI=1S/C12H14Cl2N2O4S/c1-21(19,20)7-12(2-3-12)6-15-11-9(13)4-8(16(17)18)5-10(11)14/h4-5,15H,2-3,6-7H2,1H3. The molecule has 1 N–H and O–H groups in total. The molecule has 1 aliphatic rings. The van der Waals surface area contributed by atoms with Crippen LogP contribution in [0.25, 0.3) is 0 Å². The van der Waals surface area contributed by atoms with Crippen LogP contribution < -0.4 is 5.32 Å². The number of hydrogen-bond acceptors (Lipinski definition) is 5. The van der Waals surface area contributed by atoms with Crippen LogP contribution in [0.2, 0.25) is 10.0 Å². The van der Waals surface area contributed by atoms with Crippen molar-refractivity contribution in [3.8, 4) is 0 Å². The summed E-state index contributed by atoms with van der Waals surface area (Å²) in [6, 6.07) is 2.43. The van der Waals surface area contributed by atoms with Crippen molar-refractivity contribution >= 4 is 44.4 Å². The van der Waals surface area contributed by atoms with Crippen LogP contribution in [0.4, 0.5) is 11.4 Å². The van der Waals surface area contributed by atoms with Crippen molar-refractivity contribution in [2.75, 3.05) is 23.9 Å². The molecule has 21 heavy (non-hydrogen) atoms. The highest BCUT2D eigenvalue weighted by Crippen LogP contribution is 2.47. The SMILES string of the molecule is CS(=O)(=O)CC1(CNc2c(Cl)cc([N+](=O)[O-])cc2Cl)CC1. The molecule has 0 aliphatic heterocycles. The Morgan fingerprint density at radius 2 is 1.86 bits per heavy atom. The minimum atomic E-state index is -3.06. The van der Waals surface area contributed by atoms with E-state index in [0.717, 1.165) is 12.8 Å². The number of rotatable bonds is 6. The number of halogens is 2. The number of nitro groups is 1. The Labute approximate surface area is 132 Å². The van der Waals surface area contributed by atoms with Crippen molar-refractivity contribution in [2.45, 2.75) is 12.8 Å². The molecule has 2 rings (SSSR count). The first-order chi connectivity index (χ1) is 9.62. The molecule has 0 heterocycles. The van der Waals surface area contributed by atoms with Gasteiger partial charge in [0.1, 0.15) is 9.84 Å². The van der Waals surface area contributed by atoms with Gasteiger partial charge in [0.15, 0.2) is 0 Å². The summed E-state index contributed by atoms with van der Waals surface area (Å²) in [5.41, 5.74) is -0.0845. The largest absolute Gasteiger partial charge is 0.382 e. The zero-order valence-electron chi connectivity index (χ0n) is 11.2. The Morgan fingerprint density at radius 3 is 2.24 bits per heavy atom. The summed E-state index contributed by atoms with van der Waals surface area (Å²) in [5, 5.41) is 14.0. The fourth-order valence-corrected chi connectivity index (χ4v) is 4.33. The van der Waals surface area contributed by atoms with Crippen LogP contribution in [-0.4, -0.2) is 31.9 Å². The molecule has 1 aromatic carbocycles. The van der Waals surface area contributed by atoms with Crippen LogP contribution in [0.3, 0.4) is 0 Å². The summed E-state index contributed by atoms with van der Waals surface area (Å²) >= 11 is 12.0. The van der Waals surface area contributed by atoms with Gasteiger partial charge in [0.2, 0.25) is 0 Å². The van der Waals surface area contributed by atoms with Gasteiger partial charge in [-0.05, 0) is 12.8 Å². The molecule has 0 saturated heterocycles. The average molecular weight is 353 g/mol. The maximum absolute atomic E-state index is 11.4. The maximum atomic E-state index is 11.4. The van der Waals surface area contributed by atoms with E-state index in [9.17, 15) is 18.5 Å². The van der Waals surface area contributed by atoms with Crippen LogP contribution in [0, 0.1) is 15.5 Å². The molecule has 0 aromatic heterocycles. The molecule has 0 atom stereocenters. The van der Waals surface area contributed by atoms with Gasteiger partial charge in [-0.1, -0.05) is 23.2 Å². The van der Waals surface area contributed by atoms with Crippen molar-refractivity contribution in [2.24, 2.45) is 5.41 Å². The van der Waals surface area contributed by atoms with E-state index < -0.39 is 14.8 Å². The second kappa shape index (κ2) is 5.62. The Kier molecular flexibility index (Phi) is 4.37. The van der Waals surface area contributed by atoms with E-state index in [1.165, 1.54) is 18.4 Å². The lowest BCUT2D eigenvalue weighted by Crippen LogP contribution is -2.24. The highest BCUT2D eigenvalue weighted by Gasteiger charge is 2.45. The van der Waals surface area contributed by atoms with E-state index in [-0.39, 0.29) is 26.9 Å². The summed E-state index contributed by atoms with van der Waals surface area (Å²) < 4.78 is 22.8. The number of benzene rings is 1.